The van der Waals surface area contributed by atoms with Gasteiger partial charge in [-0.2, -0.15) is 0 Å². The molecule has 0 aromatic rings. The van der Waals surface area contributed by atoms with Crippen LogP contribution < -0.4 is 39.3 Å². The summed E-state index contributed by atoms with van der Waals surface area (Å²) >= 11 is 0. The topological polar surface area (TPSA) is 388 Å². The molecule has 2 saturated carbocycles. The number of nitrogens with two attached hydrogens (primary N) is 5. The molecule has 22 heteroatoms. The Morgan fingerprint density at radius 3 is 2.02 bits per heavy atom. The lowest BCUT2D eigenvalue weighted by molar-refractivity contribution is -0.296. The molecule has 22 nitrogen and oxygen atoms in total. The lowest BCUT2D eigenvalue weighted by atomic mass is 9.83. The molecule has 20 atom stereocenters. The van der Waals surface area contributed by atoms with E-state index in [1.54, 1.807) is 0 Å². The van der Waals surface area contributed by atoms with E-state index in [0.29, 0.717) is 0 Å². The van der Waals surface area contributed by atoms with Gasteiger partial charge in [0, 0.05) is 38.1 Å². The number of carbonyl (C=O) groups is 1. The third kappa shape index (κ3) is 8.66. The van der Waals surface area contributed by atoms with E-state index in [1.165, 1.54) is 0 Å². The van der Waals surface area contributed by atoms with E-state index in [0.717, 1.165) is 0 Å². The summed E-state index contributed by atoms with van der Waals surface area (Å²) in [6.45, 7) is -0.646. The SMILES string of the molecule is NC[C@@H]1O[C@H](O[C@H]2[C@@H](O)[C@H](O[C@@H]3[C@@H](O)[C@H](NC(=O)C4(O)CC4N)C[C@H](N)[C@H]3O[C@H]3O[C@H](CNCCO)[C@@H](O)C[C@H]3N)O[C@@H]2CO)[C@H](N)[C@@H](O)[C@@H]1O. The molecule has 2 unspecified atom stereocenters. The van der Waals surface area contributed by atoms with Crippen LogP contribution in [0.15, 0.2) is 0 Å². The highest BCUT2D eigenvalue weighted by molar-refractivity contribution is 5.89. The third-order valence-electron chi connectivity index (χ3n) is 10.3. The van der Waals surface area contributed by atoms with Crippen LogP contribution in [0, 0.1) is 0 Å². The van der Waals surface area contributed by atoms with Crippen molar-refractivity contribution < 1.29 is 74.1 Å². The van der Waals surface area contributed by atoms with Gasteiger partial charge in [0.05, 0.1) is 43.5 Å². The second-order valence-electron chi connectivity index (χ2n) is 14.0. The average molecular weight is 742 g/mol. The molecule has 0 aromatic carbocycles. The fourth-order valence-electron chi connectivity index (χ4n) is 6.96. The minimum atomic E-state index is -1.83. The van der Waals surface area contributed by atoms with Gasteiger partial charge in [-0.15, -0.1) is 0 Å². The van der Waals surface area contributed by atoms with E-state index in [-0.39, 0.29) is 45.5 Å². The third-order valence-corrected chi connectivity index (χ3v) is 10.3. The summed E-state index contributed by atoms with van der Waals surface area (Å²) in [4.78, 5) is 12.9. The zero-order valence-corrected chi connectivity index (χ0v) is 27.9. The maximum atomic E-state index is 12.9. The Kier molecular flexibility index (Phi) is 13.6. The van der Waals surface area contributed by atoms with Gasteiger partial charge in [0.25, 0.3) is 5.91 Å². The summed E-state index contributed by atoms with van der Waals surface area (Å²) in [5.74, 6) is -0.827. The van der Waals surface area contributed by atoms with E-state index in [2.05, 4.69) is 10.6 Å². The summed E-state index contributed by atoms with van der Waals surface area (Å²) in [6.07, 6.45) is -18.6. The Balaban J connectivity index is 1.35. The van der Waals surface area contributed by atoms with Crippen LogP contribution in [0.4, 0.5) is 0 Å². The quantitative estimate of drug-likeness (QED) is 0.0735. The Bertz CT molecular complexity index is 1150. The molecule has 51 heavy (non-hydrogen) atoms. The second-order valence-corrected chi connectivity index (χ2v) is 14.0. The van der Waals surface area contributed by atoms with Crippen LogP contribution in [0.25, 0.3) is 0 Å². The first-order chi connectivity index (χ1) is 24.1. The zero-order valence-electron chi connectivity index (χ0n) is 27.9. The average Bonchev–Trinajstić information content (AvgIpc) is 3.62. The van der Waals surface area contributed by atoms with Gasteiger partial charge >= 0.3 is 0 Å². The van der Waals surface area contributed by atoms with Crippen molar-refractivity contribution in [3.8, 4) is 0 Å². The van der Waals surface area contributed by atoms with Crippen molar-refractivity contribution in [3.63, 3.8) is 0 Å². The Morgan fingerprint density at radius 2 is 1.39 bits per heavy atom. The second kappa shape index (κ2) is 17.0. The lowest BCUT2D eigenvalue weighted by Gasteiger charge is -2.47. The molecule has 0 radical (unpaired) electrons. The van der Waals surface area contributed by atoms with E-state index in [9.17, 15) is 40.5 Å². The number of hydrogen-bond acceptors (Lipinski definition) is 21. The molecular weight excluding hydrogens is 686 g/mol. The first-order valence-electron chi connectivity index (χ1n) is 17.2. The molecule has 3 heterocycles. The normalized spacial score (nSPS) is 50.3. The van der Waals surface area contributed by atoms with Gasteiger partial charge in [0.2, 0.25) is 0 Å². The minimum Gasteiger partial charge on any atom is -0.395 e. The highest BCUT2D eigenvalue weighted by atomic mass is 16.8. The van der Waals surface area contributed by atoms with E-state index in [1.807, 2.05) is 0 Å². The number of rotatable bonds is 14. The van der Waals surface area contributed by atoms with Gasteiger partial charge in [-0.25, -0.2) is 0 Å². The molecular formula is C29H55N7O15. The number of carbonyl (C=O) groups excluding carboxylic acids is 1. The van der Waals surface area contributed by atoms with Gasteiger partial charge in [-0.1, -0.05) is 0 Å². The summed E-state index contributed by atoms with van der Waals surface area (Å²) in [5, 5.41) is 89.4. The molecule has 296 valence electrons. The van der Waals surface area contributed by atoms with E-state index >= 15 is 0 Å². The van der Waals surface area contributed by atoms with Crippen LogP contribution in [0.3, 0.4) is 0 Å². The Labute approximate surface area is 293 Å². The number of nitrogens with one attached hydrogen (secondary N) is 2. The minimum absolute atomic E-state index is 0.0128. The van der Waals surface area contributed by atoms with Crippen molar-refractivity contribution >= 4 is 5.91 Å². The van der Waals surface area contributed by atoms with Crippen molar-refractivity contribution in [2.75, 3.05) is 32.8 Å². The fourth-order valence-corrected chi connectivity index (χ4v) is 6.96. The maximum absolute atomic E-state index is 12.9. The molecule has 3 saturated heterocycles. The zero-order chi connectivity index (χ0) is 37.4. The first-order valence-corrected chi connectivity index (χ1v) is 17.2. The highest BCUT2D eigenvalue weighted by Gasteiger charge is 2.59. The van der Waals surface area contributed by atoms with Crippen LogP contribution >= 0.6 is 0 Å². The highest BCUT2D eigenvalue weighted by Crippen LogP contribution is 2.37. The van der Waals surface area contributed by atoms with Crippen molar-refractivity contribution in [2.45, 2.75) is 141 Å². The van der Waals surface area contributed by atoms with Crippen molar-refractivity contribution in [1.82, 2.24) is 10.6 Å². The number of ether oxygens (including phenoxy) is 6. The number of aliphatic hydroxyl groups is 8. The largest absolute Gasteiger partial charge is 0.395 e. The molecule has 2 aliphatic carbocycles. The van der Waals surface area contributed by atoms with Gasteiger partial charge in [-0.3, -0.25) is 4.79 Å². The Morgan fingerprint density at radius 1 is 0.765 bits per heavy atom. The van der Waals surface area contributed by atoms with Gasteiger partial charge < -0.3 is 109 Å². The van der Waals surface area contributed by atoms with Crippen LogP contribution in [0.1, 0.15) is 19.3 Å². The summed E-state index contributed by atoms with van der Waals surface area (Å²) in [6, 6.07) is -5.05. The van der Waals surface area contributed by atoms with E-state index in [4.69, 9.17) is 62.2 Å². The lowest BCUT2D eigenvalue weighted by Crippen LogP contribution is -2.67. The first kappa shape index (κ1) is 40.8. The molecule has 0 aromatic heterocycles. The fraction of sp³-hybridized carbons (Fsp3) is 0.966. The maximum Gasteiger partial charge on any atom is 0.253 e. The molecule has 5 aliphatic rings. The van der Waals surface area contributed by atoms with Crippen molar-refractivity contribution in [2.24, 2.45) is 28.7 Å². The number of hydrogen-bond donors (Lipinski definition) is 15. The van der Waals surface area contributed by atoms with Crippen LogP contribution in [-0.2, 0) is 33.2 Å². The van der Waals surface area contributed by atoms with Gasteiger partial charge in [-0.05, 0) is 12.8 Å². The molecule has 5 fully saturated rings. The molecule has 1 amide bonds. The smallest absolute Gasteiger partial charge is 0.253 e. The van der Waals surface area contributed by atoms with Crippen molar-refractivity contribution in [3.05, 3.63) is 0 Å². The predicted octanol–water partition coefficient (Wildman–Crippen LogP) is -9.62. The summed E-state index contributed by atoms with van der Waals surface area (Å²) in [7, 11) is 0. The Hall–Kier alpha value is -1.33. The standard InChI is InChI=1S/C29H55N7O15/c30-6-13-19(41)20(42)17(34)26(46-13)50-23-15(8-38)48-27(21(23)43)51-24-18(40)11(36-28(44)29(45)5-16(29)33)3-9(31)22(24)49-25-10(32)4-12(39)14(47-25)7-35-1-2-37/h9-27,35,37-43,45H,1-8,30-34H2,(H,36,44)/t9-,10+,11+,12-,13-,14+,15+,16?,17+,18-,19+,20+,21+,22+,23+,24+,25+,26+,27-,29?/m0/s1. The number of amides is 1. The summed E-state index contributed by atoms with van der Waals surface area (Å²) in [5.41, 5.74) is 28.4. The monoisotopic (exact) mass is 741 g/mol. The number of aliphatic hydroxyl groups excluding tert-OH is 7. The molecule has 20 N–H and O–H groups in total. The van der Waals surface area contributed by atoms with Crippen LogP contribution in [0.5, 0.6) is 0 Å². The van der Waals surface area contributed by atoms with Crippen molar-refractivity contribution in [1.29, 1.82) is 0 Å². The molecule has 3 aliphatic heterocycles. The van der Waals surface area contributed by atoms with Crippen LogP contribution in [0.2, 0.25) is 0 Å². The van der Waals surface area contributed by atoms with Gasteiger partial charge in [0.1, 0.15) is 54.9 Å². The summed E-state index contributed by atoms with van der Waals surface area (Å²) < 4.78 is 35.6. The molecule has 0 bridgehead atoms. The molecule has 5 rings (SSSR count). The van der Waals surface area contributed by atoms with Gasteiger partial charge in [0.15, 0.2) is 24.5 Å². The molecule has 0 spiro atoms. The van der Waals surface area contributed by atoms with E-state index < -0.39 is 134 Å². The van der Waals surface area contributed by atoms with Crippen LogP contribution in [-0.4, -0.2) is 201 Å². The predicted molar refractivity (Wildman–Crippen MR) is 169 cm³/mol.